The van der Waals surface area contributed by atoms with Crippen molar-refractivity contribution in [3.05, 3.63) is 29.3 Å². The van der Waals surface area contributed by atoms with E-state index in [1.807, 2.05) is 18.2 Å². The predicted octanol–water partition coefficient (Wildman–Crippen LogP) is 0.808. The first kappa shape index (κ1) is 14.8. The number of aliphatic hydroxyl groups is 1. The van der Waals surface area contributed by atoms with Gasteiger partial charge in [-0.3, -0.25) is 4.79 Å². The molecule has 0 unspecified atom stereocenters. The topological polar surface area (TPSA) is 61.8 Å². The summed E-state index contributed by atoms with van der Waals surface area (Å²) in [6.45, 7) is 2.25. The molecule has 0 fully saturated rings. The van der Waals surface area contributed by atoms with Gasteiger partial charge in [-0.2, -0.15) is 0 Å². The molecule has 20 heavy (non-hydrogen) atoms. The van der Waals surface area contributed by atoms with E-state index < -0.39 is 0 Å². The van der Waals surface area contributed by atoms with Gasteiger partial charge < -0.3 is 20.1 Å². The molecule has 2 rings (SSSR count). The Bertz CT molecular complexity index is 462. The molecular weight excluding hydrogens is 256 g/mol. The first-order valence-corrected chi connectivity index (χ1v) is 7.03. The van der Waals surface area contributed by atoms with Gasteiger partial charge in [-0.05, 0) is 36.6 Å². The van der Waals surface area contributed by atoms with Crippen LogP contribution in [0.2, 0.25) is 0 Å². The second kappa shape index (κ2) is 7.26. The summed E-state index contributed by atoms with van der Waals surface area (Å²) in [5.74, 6) is -0.0753. The standard InChI is InChI=1S/C15H22N2O3/c1-17-7-2-3-12-11-13(4-5-14(12)17)15(19)16-6-9-20-10-8-18/h4-5,11,18H,2-3,6-10H2,1H3,(H,16,19). The molecule has 2 N–H and O–H groups in total. The third-order valence-corrected chi connectivity index (χ3v) is 3.46. The molecule has 1 amide bonds. The van der Waals surface area contributed by atoms with Crippen LogP contribution in [0.4, 0.5) is 5.69 Å². The first-order valence-electron chi connectivity index (χ1n) is 7.03. The summed E-state index contributed by atoms with van der Waals surface area (Å²) in [5.41, 5.74) is 3.16. The van der Waals surface area contributed by atoms with Gasteiger partial charge in [0.05, 0.1) is 19.8 Å². The lowest BCUT2D eigenvalue weighted by Gasteiger charge is -2.27. The molecule has 0 aliphatic carbocycles. The summed E-state index contributed by atoms with van der Waals surface area (Å²) >= 11 is 0. The summed E-state index contributed by atoms with van der Waals surface area (Å²) in [6.07, 6.45) is 2.16. The molecule has 1 aliphatic rings. The lowest BCUT2D eigenvalue weighted by atomic mass is 9.99. The molecule has 0 radical (unpaired) electrons. The zero-order chi connectivity index (χ0) is 14.4. The third kappa shape index (κ3) is 3.71. The molecule has 0 atom stereocenters. The van der Waals surface area contributed by atoms with Gasteiger partial charge in [0.15, 0.2) is 0 Å². The lowest BCUT2D eigenvalue weighted by Crippen LogP contribution is -2.29. The van der Waals surface area contributed by atoms with E-state index in [-0.39, 0.29) is 12.5 Å². The number of aryl methyl sites for hydroxylation is 1. The maximum atomic E-state index is 12.0. The molecule has 0 aromatic heterocycles. The number of nitrogens with one attached hydrogen (secondary N) is 1. The van der Waals surface area contributed by atoms with Gasteiger partial charge >= 0.3 is 0 Å². The van der Waals surface area contributed by atoms with Crippen molar-refractivity contribution in [3.63, 3.8) is 0 Å². The van der Waals surface area contributed by atoms with Crippen molar-refractivity contribution in [1.29, 1.82) is 0 Å². The number of nitrogens with zero attached hydrogens (tertiary/aromatic N) is 1. The molecule has 110 valence electrons. The molecule has 1 aromatic carbocycles. The van der Waals surface area contributed by atoms with E-state index in [0.717, 1.165) is 19.4 Å². The van der Waals surface area contributed by atoms with Gasteiger partial charge in [0, 0.05) is 31.4 Å². The number of carbonyl (C=O) groups is 1. The Morgan fingerprint density at radius 2 is 2.30 bits per heavy atom. The highest BCUT2D eigenvalue weighted by molar-refractivity contribution is 5.95. The Hall–Kier alpha value is -1.59. The average molecular weight is 278 g/mol. The second-order valence-electron chi connectivity index (χ2n) is 4.96. The number of fused-ring (bicyclic) bond motifs is 1. The molecule has 1 heterocycles. The number of rotatable bonds is 6. The molecule has 0 bridgehead atoms. The smallest absolute Gasteiger partial charge is 0.251 e. The average Bonchev–Trinajstić information content (AvgIpc) is 2.47. The van der Waals surface area contributed by atoms with Crippen LogP contribution in [0.1, 0.15) is 22.3 Å². The van der Waals surface area contributed by atoms with E-state index in [1.54, 1.807) is 0 Å². The molecule has 5 nitrogen and oxygen atoms in total. The van der Waals surface area contributed by atoms with Crippen molar-refractivity contribution in [3.8, 4) is 0 Å². The zero-order valence-electron chi connectivity index (χ0n) is 11.9. The Kier molecular flexibility index (Phi) is 5.38. The van der Waals surface area contributed by atoms with E-state index >= 15 is 0 Å². The van der Waals surface area contributed by atoms with Crippen LogP contribution in [-0.2, 0) is 11.2 Å². The van der Waals surface area contributed by atoms with E-state index in [1.165, 1.54) is 11.3 Å². The van der Waals surface area contributed by atoms with Crippen LogP contribution in [-0.4, -0.2) is 51.0 Å². The summed E-state index contributed by atoms with van der Waals surface area (Å²) < 4.78 is 5.10. The quantitative estimate of drug-likeness (QED) is 0.756. The maximum absolute atomic E-state index is 12.0. The first-order chi connectivity index (χ1) is 9.72. The Labute approximate surface area is 119 Å². The van der Waals surface area contributed by atoms with Crippen molar-refractivity contribution in [2.45, 2.75) is 12.8 Å². The van der Waals surface area contributed by atoms with Gasteiger partial charge in [-0.1, -0.05) is 0 Å². The van der Waals surface area contributed by atoms with Crippen molar-refractivity contribution in [2.75, 3.05) is 44.9 Å². The largest absolute Gasteiger partial charge is 0.394 e. The number of benzene rings is 1. The van der Waals surface area contributed by atoms with Crippen LogP contribution in [0, 0.1) is 0 Å². The number of hydrogen-bond acceptors (Lipinski definition) is 4. The molecule has 0 saturated heterocycles. The van der Waals surface area contributed by atoms with Gasteiger partial charge in [-0.15, -0.1) is 0 Å². The van der Waals surface area contributed by atoms with Crippen molar-refractivity contribution < 1.29 is 14.6 Å². The fourth-order valence-electron chi connectivity index (χ4n) is 2.43. The highest BCUT2D eigenvalue weighted by atomic mass is 16.5. The van der Waals surface area contributed by atoms with E-state index in [2.05, 4.69) is 17.3 Å². The fourth-order valence-corrected chi connectivity index (χ4v) is 2.43. The number of amides is 1. The van der Waals surface area contributed by atoms with Crippen molar-refractivity contribution in [2.24, 2.45) is 0 Å². The minimum atomic E-state index is -0.0753. The van der Waals surface area contributed by atoms with Crippen molar-refractivity contribution in [1.82, 2.24) is 5.32 Å². The summed E-state index contributed by atoms with van der Waals surface area (Å²) in [7, 11) is 2.08. The Morgan fingerprint density at radius 1 is 1.45 bits per heavy atom. The van der Waals surface area contributed by atoms with Crippen LogP contribution in [0.25, 0.3) is 0 Å². The Morgan fingerprint density at radius 3 is 3.10 bits per heavy atom. The Balaban J connectivity index is 1.90. The van der Waals surface area contributed by atoms with E-state index in [0.29, 0.717) is 25.3 Å². The van der Waals surface area contributed by atoms with Crippen LogP contribution >= 0.6 is 0 Å². The second-order valence-corrected chi connectivity index (χ2v) is 4.96. The normalized spacial score (nSPS) is 14.0. The number of ether oxygens (including phenoxy) is 1. The van der Waals surface area contributed by atoms with Gasteiger partial charge in [0.2, 0.25) is 0 Å². The van der Waals surface area contributed by atoms with E-state index in [4.69, 9.17) is 9.84 Å². The van der Waals surface area contributed by atoms with Crippen molar-refractivity contribution >= 4 is 11.6 Å². The molecule has 5 heteroatoms. The minimum Gasteiger partial charge on any atom is -0.394 e. The van der Waals surface area contributed by atoms with Gasteiger partial charge in [0.1, 0.15) is 0 Å². The highest BCUT2D eigenvalue weighted by Crippen LogP contribution is 2.26. The zero-order valence-corrected chi connectivity index (χ0v) is 11.9. The number of carbonyl (C=O) groups excluding carboxylic acids is 1. The number of anilines is 1. The number of aliphatic hydroxyl groups excluding tert-OH is 1. The minimum absolute atomic E-state index is 0.00624. The van der Waals surface area contributed by atoms with Crippen LogP contribution in [0.3, 0.4) is 0 Å². The summed E-state index contributed by atoms with van der Waals surface area (Å²) in [4.78, 5) is 14.2. The molecule has 1 aliphatic heterocycles. The molecular formula is C15H22N2O3. The predicted molar refractivity (Wildman–Crippen MR) is 78.3 cm³/mol. The fraction of sp³-hybridized carbons (Fsp3) is 0.533. The molecule has 0 spiro atoms. The SMILES string of the molecule is CN1CCCc2cc(C(=O)NCCOCCO)ccc21. The highest BCUT2D eigenvalue weighted by Gasteiger charge is 2.15. The van der Waals surface area contributed by atoms with Gasteiger partial charge in [-0.25, -0.2) is 0 Å². The lowest BCUT2D eigenvalue weighted by molar-refractivity contribution is 0.0838. The summed E-state index contributed by atoms with van der Waals surface area (Å²) in [6, 6.07) is 5.87. The van der Waals surface area contributed by atoms with E-state index in [9.17, 15) is 4.79 Å². The molecule has 1 aromatic rings. The van der Waals surface area contributed by atoms with Crippen LogP contribution in [0.5, 0.6) is 0 Å². The van der Waals surface area contributed by atoms with Crippen LogP contribution in [0.15, 0.2) is 18.2 Å². The number of hydrogen-bond donors (Lipinski definition) is 2. The van der Waals surface area contributed by atoms with Gasteiger partial charge in [0.25, 0.3) is 5.91 Å². The molecule has 0 saturated carbocycles. The third-order valence-electron chi connectivity index (χ3n) is 3.46. The van der Waals surface area contributed by atoms with Crippen LogP contribution < -0.4 is 10.2 Å². The monoisotopic (exact) mass is 278 g/mol. The summed E-state index contributed by atoms with van der Waals surface area (Å²) in [5, 5.41) is 11.4. The maximum Gasteiger partial charge on any atom is 0.251 e.